The summed E-state index contributed by atoms with van der Waals surface area (Å²) < 4.78 is 1.29. The maximum absolute atomic E-state index is 12.0. The van der Waals surface area contributed by atoms with Crippen molar-refractivity contribution in [1.29, 1.82) is 5.26 Å². The van der Waals surface area contributed by atoms with Crippen LogP contribution in [0.15, 0.2) is 18.3 Å². The van der Waals surface area contributed by atoms with Gasteiger partial charge in [-0.25, -0.2) is 4.68 Å². The van der Waals surface area contributed by atoms with E-state index < -0.39 is 5.91 Å². The van der Waals surface area contributed by atoms with E-state index in [0.717, 1.165) is 0 Å². The summed E-state index contributed by atoms with van der Waals surface area (Å²) >= 11 is 18.1. The summed E-state index contributed by atoms with van der Waals surface area (Å²) in [5, 5.41) is 16.4. The molecule has 1 heterocycles. The monoisotopic (exact) mass is 384 g/mol. The second-order valence-corrected chi connectivity index (χ2v) is 6.04. The molecular weight excluding hydrogens is 375 g/mol. The molecule has 1 aromatic heterocycles. The standard InChI is InChI=1S/C15H11Cl3N4O2/c1-8(23)2-5-12(24)21-15-9(6-19)7-20-22(15)11-4-3-10(16)13(17)14(11)18/h3-4,7H,2,5H2,1H3,(H,21,24). The zero-order chi connectivity index (χ0) is 17.9. The lowest BCUT2D eigenvalue weighted by Crippen LogP contribution is -2.16. The van der Waals surface area contributed by atoms with Gasteiger partial charge < -0.3 is 10.1 Å². The van der Waals surface area contributed by atoms with Gasteiger partial charge in [0.2, 0.25) is 5.91 Å². The molecule has 0 bridgehead atoms. The van der Waals surface area contributed by atoms with E-state index in [-0.39, 0.29) is 45.1 Å². The van der Waals surface area contributed by atoms with Crippen molar-refractivity contribution in [3.8, 4) is 11.8 Å². The van der Waals surface area contributed by atoms with Crippen molar-refractivity contribution >= 4 is 52.3 Å². The lowest BCUT2D eigenvalue weighted by Gasteiger charge is -2.12. The summed E-state index contributed by atoms with van der Waals surface area (Å²) in [4.78, 5) is 23.0. The normalized spacial score (nSPS) is 10.3. The molecule has 1 aromatic carbocycles. The van der Waals surface area contributed by atoms with Crippen LogP contribution in [0.2, 0.25) is 15.1 Å². The third-order valence-corrected chi connectivity index (χ3v) is 4.38. The third-order valence-electron chi connectivity index (χ3n) is 3.09. The first kappa shape index (κ1) is 18.3. The minimum Gasteiger partial charge on any atom is -0.309 e. The summed E-state index contributed by atoms with van der Waals surface area (Å²) in [6.45, 7) is 1.40. The number of hydrogen-bond donors (Lipinski definition) is 1. The van der Waals surface area contributed by atoms with Crippen molar-refractivity contribution < 1.29 is 9.59 Å². The van der Waals surface area contributed by atoms with Gasteiger partial charge >= 0.3 is 0 Å². The Labute approximate surface area is 152 Å². The van der Waals surface area contributed by atoms with E-state index in [0.29, 0.717) is 5.69 Å². The molecule has 0 saturated heterocycles. The summed E-state index contributed by atoms with van der Waals surface area (Å²) in [7, 11) is 0. The van der Waals surface area contributed by atoms with Crippen LogP contribution in [-0.2, 0) is 9.59 Å². The fourth-order valence-electron chi connectivity index (χ4n) is 1.90. The smallest absolute Gasteiger partial charge is 0.226 e. The number of halogens is 3. The molecular formula is C15H11Cl3N4O2. The molecule has 0 atom stereocenters. The van der Waals surface area contributed by atoms with E-state index in [1.54, 1.807) is 6.07 Å². The highest BCUT2D eigenvalue weighted by atomic mass is 35.5. The zero-order valence-corrected chi connectivity index (χ0v) is 14.7. The van der Waals surface area contributed by atoms with Gasteiger partial charge in [-0.05, 0) is 19.1 Å². The summed E-state index contributed by atoms with van der Waals surface area (Å²) in [6, 6.07) is 5.03. The van der Waals surface area contributed by atoms with Crippen molar-refractivity contribution in [3.63, 3.8) is 0 Å². The number of carbonyl (C=O) groups excluding carboxylic acids is 2. The minimum absolute atomic E-state index is 0.000484. The number of anilines is 1. The summed E-state index contributed by atoms with van der Waals surface area (Å²) in [5.41, 5.74) is 0.503. The Bertz CT molecular complexity index is 855. The van der Waals surface area contributed by atoms with Gasteiger partial charge in [0.05, 0.1) is 27.0 Å². The Morgan fingerprint density at radius 2 is 1.96 bits per heavy atom. The maximum Gasteiger partial charge on any atom is 0.226 e. The predicted octanol–water partition coefficient (Wildman–Crippen LogP) is 4.01. The van der Waals surface area contributed by atoms with Crippen LogP contribution in [0.5, 0.6) is 0 Å². The molecule has 6 nitrogen and oxygen atoms in total. The summed E-state index contributed by atoms with van der Waals surface area (Å²) in [6.07, 6.45) is 1.40. The van der Waals surface area contributed by atoms with Gasteiger partial charge in [0.15, 0.2) is 5.82 Å². The average molecular weight is 386 g/mol. The molecule has 0 radical (unpaired) electrons. The Hall–Kier alpha value is -2.07. The van der Waals surface area contributed by atoms with E-state index in [4.69, 9.17) is 34.8 Å². The molecule has 1 amide bonds. The van der Waals surface area contributed by atoms with Gasteiger partial charge in [0.1, 0.15) is 17.4 Å². The quantitative estimate of drug-likeness (QED) is 0.788. The highest BCUT2D eigenvalue weighted by molar-refractivity contribution is 6.48. The largest absolute Gasteiger partial charge is 0.309 e. The molecule has 2 aromatic rings. The van der Waals surface area contributed by atoms with Crippen LogP contribution >= 0.6 is 34.8 Å². The molecule has 24 heavy (non-hydrogen) atoms. The molecule has 0 aliphatic heterocycles. The molecule has 2 rings (SSSR count). The molecule has 0 saturated carbocycles. The third kappa shape index (κ3) is 3.88. The van der Waals surface area contributed by atoms with E-state index in [1.807, 2.05) is 6.07 Å². The second-order valence-electron chi connectivity index (χ2n) is 4.88. The lowest BCUT2D eigenvalue weighted by molar-refractivity contribution is -0.121. The Morgan fingerprint density at radius 3 is 2.58 bits per heavy atom. The fourth-order valence-corrected chi connectivity index (χ4v) is 2.51. The molecule has 124 valence electrons. The predicted molar refractivity (Wildman–Crippen MR) is 91.9 cm³/mol. The van der Waals surface area contributed by atoms with Gasteiger partial charge in [0, 0.05) is 12.8 Å². The van der Waals surface area contributed by atoms with E-state index in [2.05, 4.69) is 10.4 Å². The number of ketones is 1. The van der Waals surface area contributed by atoms with Crippen molar-refractivity contribution in [2.24, 2.45) is 0 Å². The van der Waals surface area contributed by atoms with Gasteiger partial charge in [-0.2, -0.15) is 10.4 Å². The number of amides is 1. The topological polar surface area (TPSA) is 87.8 Å². The Balaban J connectivity index is 2.41. The van der Waals surface area contributed by atoms with E-state index in [9.17, 15) is 14.9 Å². The number of nitrogens with one attached hydrogen (secondary N) is 1. The van der Waals surface area contributed by atoms with E-state index in [1.165, 1.54) is 23.9 Å². The van der Waals surface area contributed by atoms with Gasteiger partial charge in [0.25, 0.3) is 0 Å². The van der Waals surface area contributed by atoms with Gasteiger partial charge in [-0.1, -0.05) is 34.8 Å². The molecule has 9 heteroatoms. The van der Waals surface area contributed by atoms with Crippen molar-refractivity contribution in [2.75, 3.05) is 5.32 Å². The van der Waals surface area contributed by atoms with Crippen molar-refractivity contribution in [1.82, 2.24) is 9.78 Å². The average Bonchev–Trinajstić information content (AvgIpc) is 2.93. The number of nitrogens with zero attached hydrogens (tertiary/aromatic N) is 3. The van der Waals surface area contributed by atoms with Gasteiger partial charge in [-0.15, -0.1) is 0 Å². The van der Waals surface area contributed by atoms with E-state index >= 15 is 0 Å². The lowest BCUT2D eigenvalue weighted by atomic mass is 10.2. The molecule has 1 N–H and O–H groups in total. The first-order valence-electron chi connectivity index (χ1n) is 6.76. The minimum atomic E-state index is -0.417. The van der Waals surface area contributed by atoms with Crippen LogP contribution in [0.25, 0.3) is 5.69 Å². The van der Waals surface area contributed by atoms with Crippen LogP contribution in [0.4, 0.5) is 5.82 Å². The first-order valence-corrected chi connectivity index (χ1v) is 7.89. The number of carbonyl (C=O) groups is 2. The number of nitriles is 1. The first-order chi connectivity index (χ1) is 11.3. The van der Waals surface area contributed by atoms with Crippen molar-refractivity contribution in [2.45, 2.75) is 19.8 Å². The van der Waals surface area contributed by atoms with Crippen LogP contribution < -0.4 is 5.32 Å². The second kappa shape index (κ2) is 7.67. The molecule has 0 aliphatic carbocycles. The highest BCUT2D eigenvalue weighted by Crippen LogP contribution is 2.36. The van der Waals surface area contributed by atoms with Crippen LogP contribution in [0.3, 0.4) is 0 Å². The SMILES string of the molecule is CC(=O)CCC(=O)Nc1c(C#N)cnn1-c1ccc(Cl)c(Cl)c1Cl. The Kier molecular flexibility index (Phi) is 5.84. The number of hydrogen-bond acceptors (Lipinski definition) is 4. The molecule has 0 fully saturated rings. The number of benzene rings is 1. The van der Waals surface area contributed by atoms with Crippen LogP contribution in [0.1, 0.15) is 25.3 Å². The molecule has 0 unspecified atom stereocenters. The maximum atomic E-state index is 12.0. The zero-order valence-electron chi connectivity index (χ0n) is 12.4. The summed E-state index contributed by atoms with van der Waals surface area (Å²) in [5.74, 6) is -0.377. The van der Waals surface area contributed by atoms with Gasteiger partial charge in [-0.3, -0.25) is 4.79 Å². The number of aromatic nitrogens is 2. The molecule has 0 aliphatic rings. The van der Waals surface area contributed by atoms with Crippen LogP contribution in [-0.4, -0.2) is 21.5 Å². The number of Topliss-reactive ketones (excluding diaryl/α,β-unsaturated/α-hetero) is 1. The highest BCUT2D eigenvalue weighted by Gasteiger charge is 2.19. The Morgan fingerprint density at radius 1 is 1.25 bits per heavy atom. The van der Waals surface area contributed by atoms with Crippen LogP contribution in [0, 0.1) is 11.3 Å². The fraction of sp³-hybridized carbons (Fsp3) is 0.200. The van der Waals surface area contributed by atoms with Crippen molar-refractivity contribution in [3.05, 3.63) is 39.0 Å². The molecule has 0 spiro atoms. The number of rotatable bonds is 5.